The van der Waals surface area contributed by atoms with Crippen LogP contribution < -0.4 is 21.1 Å². The molecule has 2 aliphatic rings. The summed E-state index contributed by atoms with van der Waals surface area (Å²) in [6.07, 6.45) is -3.70. The number of fused-ring (bicyclic) bond motifs is 1. The van der Waals surface area contributed by atoms with E-state index in [1.54, 1.807) is 36.4 Å². The second kappa shape index (κ2) is 12.8. The van der Waals surface area contributed by atoms with Crippen LogP contribution in [0.4, 0.5) is 13.2 Å². The van der Waals surface area contributed by atoms with Crippen LogP contribution in [0.15, 0.2) is 65.8 Å². The number of hydrogen-bond acceptors (Lipinski definition) is 8. The van der Waals surface area contributed by atoms with Crippen LogP contribution >= 0.6 is 11.3 Å². The van der Waals surface area contributed by atoms with E-state index in [1.807, 2.05) is 25.1 Å². The molecule has 2 heterocycles. The number of oxime groups is 1. The minimum Gasteiger partial charge on any atom is -0.457 e. The summed E-state index contributed by atoms with van der Waals surface area (Å²) in [5.74, 6) is -1.79. The van der Waals surface area contributed by atoms with Gasteiger partial charge in [0.05, 0.1) is 13.1 Å². The van der Waals surface area contributed by atoms with Gasteiger partial charge in [-0.2, -0.15) is 13.2 Å². The zero-order valence-electron chi connectivity index (χ0n) is 24.7. The molecule has 1 saturated heterocycles. The molecule has 5 rings (SSSR count). The minimum atomic E-state index is -4.77. The molecule has 2 fully saturated rings. The van der Waals surface area contributed by atoms with Crippen molar-refractivity contribution in [1.29, 1.82) is 0 Å². The number of nitrogens with two attached hydrogens (primary N) is 1. The topological polar surface area (TPSA) is 152 Å². The Bertz CT molecular complexity index is 1680. The van der Waals surface area contributed by atoms with Crippen molar-refractivity contribution in [2.24, 2.45) is 16.3 Å². The van der Waals surface area contributed by atoms with Gasteiger partial charge in [0, 0.05) is 29.0 Å². The molecular formula is C31H30F3N5O6S. The first-order valence-electron chi connectivity index (χ1n) is 14.2. The molecule has 3 aromatic rings. The Hall–Kier alpha value is -4.92. The maximum absolute atomic E-state index is 13.7. The number of alkyl halides is 3. The lowest BCUT2D eigenvalue weighted by Gasteiger charge is -2.27. The highest BCUT2D eigenvalue weighted by atomic mass is 32.1. The van der Waals surface area contributed by atoms with Gasteiger partial charge in [-0.05, 0) is 60.7 Å². The number of ether oxygens (including phenoxy) is 1. The van der Waals surface area contributed by atoms with Gasteiger partial charge in [-0.1, -0.05) is 30.3 Å². The summed E-state index contributed by atoms with van der Waals surface area (Å²) < 4.78 is 46.7. The lowest BCUT2D eigenvalue weighted by atomic mass is 10.0. The van der Waals surface area contributed by atoms with Crippen molar-refractivity contribution in [2.45, 2.75) is 51.5 Å². The fraction of sp³-hybridized carbons (Fsp3) is 0.323. The van der Waals surface area contributed by atoms with Gasteiger partial charge in [-0.25, -0.2) is 4.79 Å². The lowest BCUT2D eigenvalue weighted by molar-refractivity contribution is -0.141. The van der Waals surface area contributed by atoms with Crippen LogP contribution in [-0.2, 0) is 31.9 Å². The second-order valence-corrected chi connectivity index (χ2v) is 12.4. The van der Waals surface area contributed by atoms with Gasteiger partial charge in [-0.3, -0.25) is 14.4 Å². The number of para-hydroxylation sites is 1. The van der Waals surface area contributed by atoms with Gasteiger partial charge in [0.15, 0.2) is 5.84 Å². The molecular weight excluding hydrogens is 627 g/mol. The van der Waals surface area contributed by atoms with Crippen LogP contribution in [0.1, 0.15) is 52.4 Å². The van der Waals surface area contributed by atoms with Crippen molar-refractivity contribution in [3.63, 3.8) is 0 Å². The molecule has 242 valence electrons. The van der Waals surface area contributed by atoms with Crippen LogP contribution in [0, 0.1) is 5.41 Å². The SMILES string of the molecule is CC(=O)ON=C(N)c1cc(CNC(=O)[C@@H]2C[C@]3(C)C[C@@H]3N2C(=O)CNC(=O)c2ccc(Oc3ccccc3)cc2)sc1C(F)(F)F. The third-order valence-corrected chi connectivity index (χ3v) is 8.93. The number of rotatable bonds is 10. The monoisotopic (exact) mass is 657 g/mol. The maximum Gasteiger partial charge on any atom is 0.426 e. The third-order valence-electron chi connectivity index (χ3n) is 7.75. The van der Waals surface area contributed by atoms with Gasteiger partial charge < -0.3 is 30.8 Å². The first kappa shape index (κ1) is 32.5. The van der Waals surface area contributed by atoms with Crippen LogP contribution in [0.3, 0.4) is 0 Å². The van der Waals surface area contributed by atoms with Gasteiger partial charge in [0.2, 0.25) is 11.8 Å². The van der Waals surface area contributed by atoms with Crippen LogP contribution in [0.25, 0.3) is 0 Å². The van der Waals surface area contributed by atoms with E-state index >= 15 is 0 Å². The van der Waals surface area contributed by atoms with E-state index in [4.69, 9.17) is 10.5 Å². The molecule has 2 aromatic carbocycles. The summed E-state index contributed by atoms with van der Waals surface area (Å²) >= 11 is 0.363. The molecule has 0 radical (unpaired) electrons. The zero-order valence-corrected chi connectivity index (χ0v) is 25.5. The van der Waals surface area contributed by atoms with Crippen molar-refractivity contribution in [1.82, 2.24) is 15.5 Å². The van der Waals surface area contributed by atoms with E-state index in [9.17, 15) is 32.3 Å². The Balaban J connectivity index is 1.19. The number of carbonyl (C=O) groups is 4. The summed E-state index contributed by atoms with van der Waals surface area (Å²) in [6, 6.07) is 15.6. The first-order valence-corrected chi connectivity index (χ1v) is 15.0. The average molecular weight is 658 g/mol. The van der Waals surface area contributed by atoms with E-state index < -0.39 is 52.2 Å². The number of nitrogens with one attached hydrogen (secondary N) is 2. The molecule has 4 N–H and O–H groups in total. The molecule has 1 aromatic heterocycles. The summed E-state index contributed by atoms with van der Waals surface area (Å²) in [5, 5.41) is 8.47. The number of amidine groups is 1. The van der Waals surface area contributed by atoms with Gasteiger partial charge in [0.1, 0.15) is 22.4 Å². The van der Waals surface area contributed by atoms with Gasteiger partial charge >= 0.3 is 12.1 Å². The summed E-state index contributed by atoms with van der Waals surface area (Å²) in [4.78, 5) is 55.1. The highest BCUT2D eigenvalue weighted by Gasteiger charge is 2.64. The first-order chi connectivity index (χ1) is 21.7. The van der Waals surface area contributed by atoms with Crippen molar-refractivity contribution in [3.05, 3.63) is 81.5 Å². The number of thiophene rings is 1. The van der Waals surface area contributed by atoms with Crippen molar-refractivity contribution >= 4 is 40.9 Å². The molecule has 0 spiro atoms. The van der Waals surface area contributed by atoms with Crippen LogP contribution in [0.5, 0.6) is 11.5 Å². The van der Waals surface area contributed by atoms with E-state index in [0.29, 0.717) is 41.2 Å². The largest absolute Gasteiger partial charge is 0.457 e. The Morgan fingerprint density at radius 3 is 2.37 bits per heavy atom. The smallest absolute Gasteiger partial charge is 0.426 e. The fourth-order valence-corrected chi connectivity index (χ4v) is 6.37. The number of piperidine rings is 1. The van der Waals surface area contributed by atoms with E-state index in [2.05, 4.69) is 20.6 Å². The van der Waals surface area contributed by atoms with Crippen molar-refractivity contribution in [2.75, 3.05) is 6.54 Å². The van der Waals surface area contributed by atoms with E-state index in [1.165, 1.54) is 4.90 Å². The average Bonchev–Trinajstić information content (AvgIpc) is 3.33. The maximum atomic E-state index is 13.7. The molecule has 1 saturated carbocycles. The Labute approximate surface area is 265 Å². The number of likely N-dealkylation sites (tertiary alicyclic amines) is 1. The lowest BCUT2D eigenvalue weighted by Crippen LogP contribution is -2.50. The number of carbonyl (C=O) groups excluding carboxylic acids is 4. The Morgan fingerprint density at radius 1 is 1.04 bits per heavy atom. The van der Waals surface area contributed by atoms with Crippen LogP contribution in [0.2, 0.25) is 0 Å². The van der Waals surface area contributed by atoms with E-state index in [-0.39, 0.29) is 29.4 Å². The molecule has 1 aliphatic heterocycles. The number of halogens is 3. The standard InChI is InChI=1S/C31H30F3N5O6S/c1-17(40)45-38-27(35)22-12-21(46-26(22)31(32,33)34)15-36-29(43)23-13-30(2)14-24(30)39(23)25(41)16-37-28(42)18-8-10-20(11-9-18)44-19-6-4-3-5-7-19/h3-12,23-24H,13-16H2,1-2H3,(H2,35,38)(H,36,43)(H,37,42)/t23-,24-,30+/m0/s1. The molecule has 11 nitrogen and oxygen atoms in total. The summed E-state index contributed by atoms with van der Waals surface area (Å²) in [7, 11) is 0. The predicted molar refractivity (Wildman–Crippen MR) is 161 cm³/mol. The fourth-order valence-electron chi connectivity index (χ4n) is 5.39. The van der Waals surface area contributed by atoms with Crippen LogP contribution in [-0.4, -0.2) is 53.1 Å². The predicted octanol–water partition coefficient (Wildman–Crippen LogP) is 4.17. The van der Waals surface area contributed by atoms with E-state index in [0.717, 1.165) is 13.0 Å². The van der Waals surface area contributed by atoms with Gasteiger partial charge in [-0.15, -0.1) is 11.3 Å². The normalized spacial score (nSPS) is 20.5. The van der Waals surface area contributed by atoms with Crippen molar-refractivity contribution in [3.8, 4) is 11.5 Å². The molecule has 0 unspecified atom stereocenters. The van der Waals surface area contributed by atoms with Crippen molar-refractivity contribution < 1.29 is 41.9 Å². The number of benzene rings is 2. The van der Waals surface area contributed by atoms with Gasteiger partial charge in [0.25, 0.3) is 5.91 Å². The molecule has 0 bridgehead atoms. The third kappa shape index (κ3) is 7.30. The second-order valence-electron chi connectivity index (χ2n) is 11.2. The number of amides is 3. The number of hydrogen-bond donors (Lipinski definition) is 3. The molecule has 46 heavy (non-hydrogen) atoms. The highest BCUT2D eigenvalue weighted by molar-refractivity contribution is 7.12. The molecule has 15 heteroatoms. The molecule has 3 amide bonds. The molecule has 3 atom stereocenters. The number of nitrogens with zero attached hydrogens (tertiary/aromatic N) is 2. The molecule has 1 aliphatic carbocycles. The minimum absolute atomic E-state index is 0.122. The summed E-state index contributed by atoms with van der Waals surface area (Å²) in [6.45, 7) is 2.36. The summed E-state index contributed by atoms with van der Waals surface area (Å²) in [5.41, 5.74) is 5.19. The Kier molecular flexibility index (Phi) is 9.06. The highest BCUT2D eigenvalue weighted by Crippen LogP contribution is 2.59. The quantitative estimate of drug-likeness (QED) is 0.128. The Morgan fingerprint density at radius 2 is 1.72 bits per heavy atom. The zero-order chi connectivity index (χ0) is 33.2.